The molecular weight excluding hydrogens is 274 g/mol. The second-order valence-corrected chi connectivity index (χ2v) is 9.51. The van der Waals surface area contributed by atoms with Gasteiger partial charge in [0.25, 0.3) is 0 Å². The predicted octanol–water partition coefficient (Wildman–Crippen LogP) is 3.16. The lowest BCUT2D eigenvalue weighted by molar-refractivity contribution is -0.0911. The summed E-state index contributed by atoms with van der Waals surface area (Å²) in [6.07, 6.45) is 4.94. The van der Waals surface area contributed by atoms with Gasteiger partial charge < -0.3 is 4.89 Å². The molecule has 0 aromatic heterocycles. The summed E-state index contributed by atoms with van der Waals surface area (Å²) in [6, 6.07) is 0. The minimum Gasteiger partial charge on any atom is -0.343 e. The number of hydrogen-bond acceptors (Lipinski definition) is 4. The first-order chi connectivity index (χ1) is 6.95. The third kappa shape index (κ3) is 2.32. The van der Waals surface area contributed by atoms with Gasteiger partial charge in [0, 0.05) is 9.83 Å². The van der Waals surface area contributed by atoms with E-state index in [4.69, 9.17) is 16.5 Å². The molecule has 0 radical (unpaired) electrons. The molecule has 0 heterocycles. The molecule has 0 aliphatic heterocycles. The van der Waals surface area contributed by atoms with Crippen molar-refractivity contribution >= 4 is 37.8 Å². The molecule has 0 aromatic rings. The molecular formula is C7H13O4P2S2+. The van der Waals surface area contributed by atoms with Crippen LogP contribution in [0.2, 0.25) is 0 Å². The van der Waals surface area contributed by atoms with Crippen molar-refractivity contribution in [3.05, 3.63) is 0 Å². The zero-order chi connectivity index (χ0) is 11.1. The molecule has 2 bridgehead atoms. The Morgan fingerprint density at radius 3 is 2.53 bits per heavy atom. The average Bonchev–Trinajstić information content (AvgIpc) is 2.76. The summed E-state index contributed by atoms with van der Waals surface area (Å²) >= 11 is 8.66. The van der Waals surface area contributed by atoms with Crippen molar-refractivity contribution in [3.63, 3.8) is 0 Å². The van der Waals surface area contributed by atoms with Crippen LogP contribution >= 0.6 is 26.0 Å². The SMILES string of the molecule is O=[P+](S)OOP(O)(=S)C12CCC(CC1)C2. The number of thiol groups is 1. The van der Waals surface area contributed by atoms with Crippen LogP contribution in [0.3, 0.4) is 0 Å². The molecule has 15 heavy (non-hydrogen) atoms. The number of rotatable bonds is 4. The molecule has 86 valence electrons. The lowest BCUT2D eigenvalue weighted by Gasteiger charge is -2.31. The Bertz CT molecular complexity index is 327. The standard InChI is InChI=1S/C7H12O4P2S2/c8-12(14)10-11-13(9,15)7-3-1-6(5-7)2-4-7/h6H,1-5H2,(H-,8,9,14,15)/p+1. The number of hydrogen-bond donors (Lipinski definition) is 2. The van der Waals surface area contributed by atoms with Crippen LogP contribution in [0.15, 0.2) is 0 Å². The monoisotopic (exact) mass is 287 g/mol. The van der Waals surface area contributed by atoms with E-state index in [9.17, 15) is 9.46 Å². The van der Waals surface area contributed by atoms with Gasteiger partial charge in [-0.1, -0.05) is 0 Å². The maximum Gasteiger partial charge on any atom is 0.613 e. The van der Waals surface area contributed by atoms with E-state index in [-0.39, 0.29) is 5.16 Å². The fourth-order valence-electron chi connectivity index (χ4n) is 2.71. The number of fused-ring (bicyclic) bond motifs is 2. The van der Waals surface area contributed by atoms with E-state index in [1.165, 1.54) is 0 Å². The Hall–Kier alpha value is 0.980. The summed E-state index contributed by atoms with van der Waals surface area (Å²) in [5.74, 6) is 0.674. The van der Waals surface area contributed by atoms with Crippen LogP contribution in [0.5, 0.6) is 0 Å². The topological polar surface area (TPSA) is 55.8 Å². The van der Waals surface area contributed by atoms with Crippen molar-refractivity contribution < 1.29 is 18.8 Å². The van der Waals surface area contributed by atoms with Crippen LogP contribution in [-0.2, 0) is 25.7 Å². The molecule has 2 aliphatic rings. The molecule has 2 saturated carbocycles. The highest BCUT2D eigenvalue weighted by atomic mass is 32.7. The van der Waals surface area contributed by atoms with Crippen molar-refractivity contribution in [1.29, 1.82) is 0 Å². The summed E-state index contributed by atoms with van der Waals surface area (Å²) in [6.45, 7) is -3.00. The Morgan fingerprint density at radius 2 is 2.13 bits per heavy atom. The molecule has 4 nitrogen and oxygen atoms in total. The van der Waals surface area contributed by atoms with Crippen LogP contribution in [0.4, 0.5) is 0 Å². The highest BCUT2D eigenvalue weighted by Gasteiger charge is 2.55. The van der Waals surface area contributed by atoms with Crippen LogP contribution in [0.25, 0.3) is 0 Å². The van der Waals surface area contributed by atoms with Crippen LogP contribution in [-0.4, -0.2) is 10.0 Å². The summed E-state index contributed by atoms with van der Waals surface area (Å²) in [5.41, 5.74) is 0. The first-order valence-corrected chi connectivity index (χ1v) is 9.81. The predicted molar refractivity (Wildman–Crippen MR) is 64.6 cm³/mol. The van der Waals surface area contributed by atoms with E-state index in [1.54, 1.807) is 0 Å². The van der Waals surface area contributed by atoms with Gasteiger partial charge in [-0.25, -0.2) is 0 Å². The molecule has 1 N–H and O–H groups in total. The summed E-state index contributed by atoms with van der Waals surface area (Å²) in [7, 11) is -2.17. The fourth-order valence-corrected chi connectivity index (χ4v) is 6.06. The summed E-state index contributed by atoms with van der Waals surface area (Å²) < 4.78 is 19.9. The van der Waals surface area contributed by atoms with E-state index in [2.05, 4.69) is 16.9 Å². The first-order valence-electron chi connectivity index (χ1n) is 4.81. The van der Waals surface area contributed by atoms with Gasteiger partial charge >= 0.3 is 7.23 Å². The van der Waals surface area contributed by atoms with Gasteiger partial charge in [0.1, 0.15) is 12.2 Å². The smallest absolute Gasteiger partial charge is 0.343 e. The Morgan fingerprint density at radius 1 is 1.53 bits per heavy atom. The van der Waals surface area contributed by atoms with Crippen molar-refractivity contribution in [2.24, 2.45) is 5.92 Å². The van der Waals surface area contributed by atoms with E-state index in [1.807, 2.05) is 0 Å². The van der Waals surface area contributed by atoms with Gasteiger partial charge in [-0.15, -0.1) is 4.67 Å². The summed E-state index contributed by atoms with van der Waals surface area (Å²) in [5, 5.41) is -0.286. The van der Waals surface area contributed by atoms with E-state index in [0.717, 1.165) is 32.1 Å². The molecule has 2 atom stereocenters. The van der Waals surface area contributed by atoms with Gasteiger partial charge in [0.15, 0.2) is 0 Å². The molecule has 0 aromatic carbocycles. The van der Waals surface area contributed by atoms with Crippen LogP contribution in [0, 0.1) is 5.92 Å². The van der Waals surface area contributed by atoms with Crippen LogP contribution in [0.1, 0.15) is 32.1 Å². The van der Waals surface area contributed by atoms with Gasteiger partial charge in [0.2, 0.25) is 6.49 Å². The zero-order valence-corrected chi connectivity index (χ0v) is 11.5. The van der Waals surface area contributed by atoms with Crippen molar-refractivity contribution in [1.82, 2.24) is 0 Å². The van der Waals surface area contributed by atoms with E-state index in [0.29, 0.717) is 5.92 Å². The molecule has 8 heteroatoms. The Balaban J connectivity index is 2.08. The maximum absolute atomic E-state index is 10.6. The zero-order valence-electron chi connectivity index (χ0n) is 8.03. The van der Waals surface area contributed by atoms with Crippen molar-refractivity contribution in [3.8, 4) is 0 Å². The van der Waals surface area contributed by atoms with Gasteiger partial charge in [-0.05, 0) is 54.4 Å². The normalized spacial score (nSPS) is 39.1. The average molecular weight is 287 g/mol. The second kappa shape index (κ2) is 4.34. The molecule has 0 spiro atoms. The Kier molecular flexibility index (Phi) is 3.60. The first kappa shape index (κ1) is 12.4. The molecule has 0 amide bonds. The van der Waals surface area contributed by atoms with E-state index < -0.39 is 13.7 Å². The lowest BCUT2D eigenvalue weighted by Crippen LogP contribution is -2.23. The maximum atomic E-state index is 10.6. The lowest BCUT2D eigenvalue weighted by atomic mass is 10.0. The minimum absolute atomic E-state index is 0.286. The van der Waals surface area contributed by atoms with Crippen LogP contribution < -0.4 is 0 Å². The van der Waals surface area contributed by atoms with Gasteiger partial charge in [-0.3, -0.25) is 0 Å². The van der Waals surface area contributed by atoms with Crippen molar-refractivity contribution in [2.75, 3.05) is 0 Å². The minimum atomic E-state index is -3.00. The molecule has 2 fully saturated rings. The highest BCUT2D eigenvalue weighted by Crippen LogP contribution is 2.70. The second-order valence-electron chi connectivity index (χ2n) is 4.28. The van der Waals surface area contributed by atoms with E-state index >= 15 is 0 Å². The highest BCUT2D eigenvalue weighted by molar-refractivity contribution is 8.39. The van der Waals surface area contributed by atoms with Crippen molar-refractivity contribution in [2.45, 2.75) is 37.3 Å². The third-order valence-electron chi connectivity index (χ3n) is 3.50. The largest absolute Gasteiger partial charge is 0.613 e. The summed E-state index contributed by atoms with van der Waals surface area (Å²) in [4.78, 5) is 10.2. The Labute approximate surface area is 99.9 Å². The fraction of sp³-hybridized carbons (Fsp3) is 1.00. The van der Waals surface area contributed by atoms with Gasteiger partial charge in [-0.2, -0.15) is 0 Å². The molecule has 2 unspecified atom stereocenters. The molecule has 0 saturated heterocycles. The van der Waals surface area contributed by atoms with Gasteiger partial charge in [0.05, 0.1) is 0 Å². The molecule has 2 rings (SSSR count). The third-order valence-corrected chi connectivity index (χ3v) is 7.47. The molecule has 2 aliphatic carbocycles. The quantitative estimate of drug-likeness (QED) is 0.360.